The second kappa shape index (κ2) is 7.90. The van der Waals surface area contributed by atoms with Crippen molar-refractivity contribution in [1.29, 1.82) is 0 Å². The van der Waals surface area contributed by atoms with E-state index in [9.17, 15) is 22.4 Å². The first kappa shape index (κ1) is 21.2. The van der Waals surface area contributed by atoms with Crippen LogP contribution in [0.2, 0.25) is 0 Å². The minimum Gasteiger partial charge on any atom is -0.465 e. The maximum atomic E-state index is 14.1. The summed E-state index contributed by atoms with van der Waals surface area (Å²) in [5.74, 6) is -2.00. The van der Waals surface area contributed by atoms with E-state index < -0.39 is 36.4 Å². The third-order valence-corrected chi connectivity index (χ3v) is 4.64. The molecule has 2 aromatic heterocycles. The molecule has 9 nitrogen and oxygen atoms in total. The summed E-state index contributed by atoms with van der Waals surface area (Å²) in [4.78, 5) is 28.2. The van der Waals surface area contributed by atoms with Crippen molar-refractivity contribution < 1.29 is 27.1 Å². The molecule has 0 saturated carbocycles. The zero-order valence-corrected chi connectivity index (χ0v) is 16.2. The molecule has 0 radical (unpaired) electrons. The smallest absolute Gasteiger partial charge is 0.422 e. The molecule has 1 atom stereocenters. The number of nitrogens with one attached hydrogen (secondary N) is 1. The van der Waals surface area contributed by atoms with Crippen molar-refractivity contribution in [2.45, 2.75) is 18.6 Å². The molecule has 0 fully saturated rings. The van der Waals surface area contributed by atoms with E-state index in [0.717, 1.165) is 6.07 Å². The minimum atomic E-state index is -4.61. The summed E-state index contributed by atoms with van der Waals surface area (Å²) in [5.41, 5.74) is 12.5. The van der Waals surface area contributed by atoms with Gasteiger partial charge < -0.3 is 21.5 Å². The molecule has 13 heteroatoms. The molecule has 1 aliphatic heterocycles. The fourth-order valence-corrected chi connectivity index (χ4v) is 3.27. The number of halogens is 4. The van der Waals surface area contributed by atoms with Crippen LogP contribution in [0.4, 0.5) is 29.3 Å². The second-order valence-electron chi connectivity index (χ2n) is 6.90. The summed E-state index contributed by atoms with van der Waals surface area (Å²) in [7, 11) is 0. The molecule has 1 amide bonds. The first-order valence-electron chi connectivity index (χ1n) is 9.15. The SMILES string of the molecule is Nc1ncc2c(n1)CC(c1ccc(F)cc1-c1cnc(N)c(OCC(F)(F)F)n1)NC2=O. The van der Waals surface area contributed by atoms with Crippen molar-refractivity contribution in [2.75, 3.05) is 18.1 Å². The largest absolute Gasteiger partial charge is 0.465 e. The van der Waals surface area contributed by atoms with Crippen molar-refractivity contribution in [2.24, 2.45) is 0 Å². The molecule has 4 rings (SSSR count). The van der Waals surface area contributed by atoms with E-state index in [2.05, 4.69) is 30.0 Å². The van der Waals surface area contributed by atoms with E-state index in [4.69, 9.17) is 11.5 Å². The average Bonchev–Trinajstić information content (AvgIpc) is 2.72. The van der Waals surface area contributed by atoms with Gasteiger partial charge in [-0.3, -0.25) is 4.79 Å². The number of amides is 1. The Bertz CT molecular complexity index is 1200. The van der Waals surface area contributed by atoms with Crippen LogP contribution in [0.1, 0.15) is 27.7 Å². The number of nitrogens with two attached hydrogens (primary N) is 2. The minimum absolute atomic E-state index is 0.00705. The van der Waals surface area contributed by atoms with Gasteiger partial charge in [-0.15, -0.1) is 0 Å². The third-order valence-electron chi connectivity index (χ3n) is 4.64. The van der Waals surface area contributed by atoms with Gasteiger partial charge in [-0.25, -0.2) is 24.3 Å². The van der Waals surface area contributed by atoms with Crippen LogP contribution >= 0.6 is 0 Å². The van der Waals surface area contributed by atoms with Gasteiger partial charge in [0.05, 0.1) is 29.2 Å². The number of benzene rings is 1. The van der Waals surface area contributed by atoms with Crippen molar-refractivity contribution in [1.82, 2.24) is 25.3 Å². The number of hydrogen-bond acceptors (Lipinski definition) is 8. The van der Waals surface area contributed by atoms with E-state index in [0.29, 0.717) is 11.3 Å². The molecule has 0 bridgehead atoms. The fourth-order valence-electron chi connectivity index (χ4n) is 3.27. The quantitative estimate of drug-likeness (QED) is 0.515. The number of aromatic nitrogens is 4. The van der Waals surface area contributed by atoms with Gasteiger partial charge in [0.1, 0.15) is 5.82 Å². The summed E-state index contributed by atoms with van der Waals surface area (Å²) in [6.07, 6.45) is -1.92. The van der Waals surface area contributed by atoms with E-state index in [1.807, 2.05) is 0 Å². The standard InChI is InChI=1S/C19H15F4N7O2/c20-8-1-2-9(12-4-13-11(16(31)28-12)5-27-18(25)30-13)10(3-8)14-6-26-15(24)17(29-14)32-7-19(21,22)23/h1-3,5-6,12H,4,7H2,(H2,24,26)(H,28,31)(H2,25,27,30). The number of carbonyl (C=O) groups is 1. The summed E-state index contributed by atoms with van der Waals surface area (Å²) in [5, 5.41) is 2.77. The molecule has 1 unspecified atom stereocenters. The molecule has 3 aromatic rings. The van der Waals surface area contributed by atoms with Crippen molar-refractivity contribution in [3.8, 4) is 17.1 Å². The normalized spacial score (nSPS) is 15.8. The number of anilines is 2. The lowest BCUT2D eigenvalue weighted by Crippen LogP contribution is -2.36. The summed E-state index contributed by atoms with van der Waals surface area (Å²) in [6.45, 7) is -1.62. The van der Waals surface area contributed by atoms with E-state index in [1.54, 1.807) is 0 Å². The zero-order valence-electron chi connectivity index (χ0n) is 16.2. The lowest BCUT2D eigenvalue weighted by atomic mass is 9.91. The summed E-state index contributed by atoms with van der Waals surface area (Å²) >= 11 is 0. The molecule has 5 N–H and O–H groups in total. The van der Waals surface area contributed by atoms with Crippen molar-refractivity contribution >= 4 is 17.7 Å². The topological polar surface area (TPSA) is 142 Å². The molecule has 32 heavy (non-hydrogen) atoms. The number of alkyl halides is 3. The van der Waals surface area contributed by atoms with E-state index in [1.165, 1.54) is 24.5 Å². The highest BCUT2D eigenvalue weighted by Gasteiger charge is 2.31. The van der Waals surface area contributed by atoms with Gasteiger partial charge in [0.2, 0.25) is 5.95 Å². The van der Waals surface area contributed by atoms with Crippen LogP contribution in [0.5, 0.6) is 5.88 Å². The Labute approximate surface area is 177 Å². The Morgan fingerprint density at radius 1 is 1.12 bits per heavy atom. The number of rotatable bonds is 4. The fraction of sp³-hybridized carbons (Fsp3) is 0.211. The van der Waals surface area contributed by atoms with Gasteiger partial charge in [0, 0.05) is 18.2 Å². The number of carbonyl (C=O) groups excluding carboxylic acids is 1. The van der Waals surface area contributed by atoms with Crippen LogP contribution in [0.3, 0.4) is 0 Å². The van der Waals surface area contributed by atoms with Gasteiger partial charge >= 0.3 is 6.18 Å². The molecule has 1 aliphatic rings. The molecule has 0 saturated heterocycles. The van der Waals surface area contributed by atoms with E-state index in [-0.39, 0.29) is 35.0 Å². The Kier molecular flexibility index (Phi) is 5.24. The molecule has 166 valence electrons. The predicted molar refractivity (Wildman–Crippen MR) is 104 cm³/mol. The van der Waals surface area contributed by atoms with Crippen molar-refractivity contribution in [3.63, 3.8) is 0 Å². The van der Waals surface area contributed by atoms with Gasteiger partial charge in [-0.05, 0) is 17.7 Å². The number of nitrogen functional groups attached to an aromatic ring is 2. The Morgan fingerprint density at radius 2 is 1.91 bits per heavy atom. The first-order valence-corrected chi connectivity index (χ1v) is 9.15. The van der Waals surface area contributed by atoms with E-state index >= 15 is 0 Å². The monoisotopic (exact) mass is 449 g/mol. The number of fused-ring (bicyclic) bond motifs is 1. The van der Waals surface area contributed by atoms with Crippen LogP contribution in [0.25, 0.3) is 11.3 Å². The van der Waals surface area contributed by atoms with Crippen LogP contribution in [-0.4, -0.2) is 38.6 Å². The van der Waals surface area contributed by atoms with Crippen LogP contribution < -0.4 is 21.5 Å². The molecule has 0 spiro atoms. The Balaban J connectivity index is 1.73. The highest BCUT2D eigenvalue weighted by molar-refractivity contribution is 5.96. The highest BCUT2D eigenvalue weighted by atomic mass is 19.4. The number of nitrogens with zero attached hydrogens (tertiary/aromatic N) is 4. The van der Waals surface area contributed by atoms with Gasteiger partial charge in [-0.1, -0.05) is 6.07 Å². The molecule has 0 aliphatic carbocycles. The van der Waals surface area contributed by atoms with Gasteiger partial charge in [0.25, 0.3) is 11.8 Å². The zero-order chi connectivity index (χ0) is 23.0. The van der Waals surface area contributed by atoms with Crippen LogP contribution in [-0.2, 0) is 6.42 Å². The number of hydrogen-bond donors (Lipinski definition) is 3. The number of ether oxygens (including phenoxy) is 1. The summed E-state index contributed by atoms with van der Waals surface area (Å²) < 4.78 is 56.3. The summed E-state index contributed by atoms with van der Waals surface area (Å²) in [6, 6.07) is 3.08. The average molecular weight is 449 g/mol. The molecule has 3 heterocycles. The van der Waals surface area contributed by atoms with Gasteiger partial charge in [0.15, 0.2) is 12.4 Å². The van der Waals surface area contributed by atoms with Crippen LogP contribution in [0, 0.1) is 5.82 Å². The van der Waals surface area contributed by atoms with Crippen molar-refractivity contribution in [3.05, 3.63) is 53.2 Å². The Hall–Kier alpha value is -4.03. The molecule has 1 aromatic carbocycles. The first-order chi connectivity index (χ1) is 15.1. The van der Waals surface area contributed by atoms with Crippen LogP contribution in [0.15, 0.2) is 30.6 Å². The predicted octanol–water partition coefficient (Wildman–Crippen LogP) is 2.21. The maximum Gasteiger partial charge on any atom is 0.422 e. The second-order valence-corrected chi connectivity index (χ2v) is 6.90. The lowest BCUT2D eigenvalue weighted by molar-refractivity contribution is -0.154. The highest BCUT2D eigenvalue weighted by Crippen LogP contribution is 2.34. The molecular formula is C19H15F4N7O2. The third kappa shape index (κ3) is 4.36. The maximum absolute atomic E-state index is 14.1. The lowest BCUT2D eigenvalue weighted by Gasteiger charge is -2.26. The molecular weight excluding hydrogens is 434 g/mol. The van der Waals surface area contributed by atoms with Gasteiger partial charge in [-0.2, -0.15) is 13.2 Å². The Morgan fingerprint density at radius 3 is 2.66 bits per heavy atom.